The zero-order chi connectivity index (χ0) is 21.1. The van der Waals surface area contributed by atoms with Gasteiger partial charge in [-0.3, -0.25) is 4.79 Å². The zero-order valence-corrected chi connectivity index (χ0v) is 16.5. The van der Waals surface area contributed by atoms with E-state index < -0.39 is 5.97 Å². The molecule has 0 saturated carbocycles. The molecule has 0 bridgehead atoms. The fourth-order valence-electron chi connectivity index (χ4n) is 3.19. The standard InChI is InChI=1S/C21H22N2O6/c1-11-7-12(5-6-14(11)21(25)26)20-22-10-15(23-20)18(24)13-8-16(27-2)19(29-4)17(9-13)28-3/h5-10,20,22-23H,1-4H3,(H,25,26). The van der Waals surface area contributed by atoms with Crippen LogP contribution in [0.15, 0.2) is 42.2 Å². The second-order valence-electron chi connectivity index (χ2n) is 6.42. The van der Waals surface area contributed by atoms with Crippen LogP contribution in [0.3, 0.4) is 0 Å². The Morgan fingerprint density at radius 2 is 1.66 bits per heavy atom. The van der Waals surface area contributed by atoms with E-state index in [2.05, 4.69) is 10.6 Å². The minimum Gasteiger partial charge on any atom is -0.493 e. The van der Waals surface area contributed by atoms with Gasteiger partial charge in [-0.05, 0) is 36.2 Å². The van der Waals surface area contributed by atoms with Crippen molar-refractivity contribution in [1.29, 1.82) is 0 Å². The number of ether oxygens (including phenoxy) is 3. The topological polar surface area (TPSA) is 106 Å². The Bertz CT molecular complexity index is 974. The van der Waals surface area contributed by atoms with Crippen molar-refractivity contribution in [1.82, 2.24) is 10.6 Å². The Morgan fingerprint density at radius 1 is 1.00 bits per heavy atom. The van der Waals surface area contributed by atoms with Crippen LogP contribution in [-0.4, -0.2) is 38.2 Å². The molecule has 1 heterocycles. The number of nitrogens with one attached hydrogen (secondary N) is 2. The molecule has 152 valence electrons. The van der Waals surface area contributed by atoms with Crippen LogP contribution in [0.25, 0.3) is 0 Å². The van der Waals surface area contributed by atoms with Gasteiger partial charge < -0.3 is 30.0 Å². The second-order valence-corrected chi connectivity index (χ2v) is 6.42. The van der Waals surface area contributed by atoms with E-state index in [1.807, 2.05) is 0 Å². The number of carbonyl (C=O) groups excluding carboxylic acids is 1. The van der Waals surface area contributed by atoms with Crippen LogP contribution in [0.4, 0.5) is 0 Å². The first-order valence-corrected chi connectivity index (χ1v) is 8.81. The fourth-order valence-corrected chi connectivity index (χ4v) is 3.19. The van der Waals surface area contributed by atoms with E-state index in [0.717, 1.165) is 5.56 Å². The minimum atomic E-state index is -0.974. The smallest absolute Gasteiger partial charge is 0.335 e. The highest BCUT2D eigenvalue weighted by atomic mass is 16.5. The number of carbonyl (C=O) groups is 2. The number of hydrogen-bond donors (Lipinski definition) is 3. The van der Waals surface area contributed by atoms with E-state index in [-0.39, 0.29) is 17.5 Å². The maximum atomic E-state index is 13.0. The fraction of sp³-hybridized carbons (Fsp3) is 0.238. The van der Waals surface area contributed by atoms with Gasteiger partial charge in [0.05, 0.1) is 26.9 Å². The van der Waals surface area contributed by atoms with Crippen LogP contribution in [-0.2, 0) is 0 Å². The molecule has 1 atom stereocenters. The Hall–Kier alpha value is -3.68. The summed E-state index contributed by atoms with van der Waals surface area (Å²) in [7, 11) is 4.47. The van der Waals surface area contributed by atoms with Gasteiger partial charge in [0.2, 0.25) is 11.5 Å². The normalized spacial score (nSPS) is 15.0. The highest BCUT2D eigenvalue weighted by Crippen LogP contribution is 2.38. The molecule has 1 aliphatic rings. The highest BCUT2D eigenvalue weighted by molar-refractivity contribution is 6.09. The van der Waals surface area contributed by atoms with E-state index in [0.29, 0.717) is 34.1 Å². The first-order chi connectivity index (χ1) is 13.9. The van der Waals surface area contributed by atoms with Crippen molar-refractivity contribution in [3.8, 4) is 17.2 Å². The lowest BCUT2D eigenvalue weighted by atomic mass is 10.0. The van der Waals surface area contributed by atoms with Crippen molar-refractivity contribution >= 4 is 11.8 Å². The molecule has 0 fully saturated rings. The second kappa shape index (κ2) is 8.14. The summed E-state index contributed by atoms with van der Waals surface area (Å²) in [6.07, 6.45) is 1.24. The predicted molar refractivity (Wildman–Crippen MR) is 106 cm³/mol. The Labute approximate surface area is 168 Å². The lowest BCUT2D eigenvalue weighted by molar-refractivity contribution is 0.0696. The number of carboxylic acid groups (broad SMARTS) is 1. The molecule has 0 aromatic heterocycles. The van der Waals surface area contributed by atoms with Crippen molar-refractivity contribution in [2.24, 2.45) is 0 Å². The molecule has 8 nitrogen and oxygen atoms in total. The number of rotatable bonds is 7. The van der Waals surface area contributed by atoms with Gasteiger partial charge in [-0.1, -0.05) is 12.1 Å². The first-order valence-electron chi connectivity index (χ1n) is 8.81. The molecular formula is C21H22N2O6. The number of hydrogen-bond acceptors (Lipinski definition) is 7. The van der Waals surface area contributed by atoms with Gasteiger partial charge in [0.1, 0.15) is 11.9 Å². The summed E-state index contributed by atoms with van der Waals surface area (Å²) >= 11 is 0. The molecule has 3 N–H and O–H groups in total. The maximum Gasteiger partial charge on any atom is 0.335 e. The summed E-state index contributed by atoms with van der Waals surface area (Å²) in [5.74, 6) is -0.0443. The summed E-state index contributed by atoms with van der Waals surface area (Å²) in [5, 5.41) is 15.4. The third-order valence-corrected chi connectivity index (χ3v) is 4.68. The summed E-state index contributed by atoms with van der Waals surface area (Å²) in [6.45, 7) is 1.73. The van der Waals surface area contributed by atoms with Gasteiger partial charge >= 0.3 is 5.97 Å². The number of allylic oxidation sites excluding steroid dienone is 1. The molecule has 3 rings (SSSR count). The van der Waals surface area contributed by atoms with Gasteiger partial charge in [0.25, 0.3) is 0 Å². The maximum absolute atomic E-state index is 13.0. The zero-order valence-electron chi connectivity index (χ0n) is 16.5. The molecule has 0 saturated heterocycles. The Kier molecular flexibility index (Phi) is 5.63. The molecule has 0 amide bonds. The molecule has 0 radical (unpaired) electrons. The van der Waals surface area contributed by atoms with E-state index in [1.165, 1.54) is 21.3 Å². The van der Waals surface area contributed by atoms with E-state index in [9.17, 15) is 14.7 Å². The van der Waals surface area contributed by atoms with Crippen LogP contribution < -0.4 is 24.8 Å². The van der Waals surface area contributed by atoms with Gasteiger partial charge in [-0.2, -0.15) is 0 Å². The number of benzene rings is 2. The predicted octanol–water partition coefficient (Wildman–Crippen LogP) is 2.63. The van der Waals surface area contributed by atoms with E-state index >= 15 is 0 Å². The summed E-state index contributed by atoms with van der Waals surface area (Å²) < 4.78 is 15.9. The van der Waals surface area contributed by atoms with Gasteiger partial charge in [-0.15, -0.1) is 0 Å². The lowest BCUT2D eigenvalue weighted by Crippen LogP contribution is -2.25. The average molecular weight is 398 g/mol. The van der Waals surface area contributed by atoms with Crippen molar-refractivity contribution in [2.75, 3.05) is 21.3 Å². The SMILES string of the molecule is COc1cc(C(=O)C2=CNC(c3ccc(C(=O)O)c(C)c3)N2)cc(OC)c1OC. The molecule has 8 heteroatoms. The number of carboxylic acids is 1. The van der Waals surface area contributed by atoms with Crippen molar-refractivity contribution in [2.45, 2.75) is 13.1 Å². The summed E-state index contributed by atoms with van der Waals surface area (Å²) in [4.78, 5) is 24.2. The van der Waals surface area contributed by atoms with Gasteiger partial charge in [0.15, 0.2) is 11.5 Å². The van der Waals surface area contributed by atoms with E-state index in [4.69, 9.17) is 14.2 Å². The Balaban J connectivity index is 1.82. The average Bonchev–Trinajstić information content (AvgIpc) is 3.21. The third-order valence-electron chi connectivity index (χ3n) is 4.68. The van der Waals surface area contributed by atoms with Crippen LogP contribution in [0.5, 0.6) is 17.2 Å². The van der Waals surface area contributed by atoms with Crippen LogP contribution in [0.2, 0.25) is 0 Å². The summed E-state index contributed by atoms with van der Waals surface area (Å²) in [6, 6.07) is 8.21. The van der Waals surface area contributed by atoms with Gasteiger partial charge in [-0.25, -0.2) is 4.79 Å². The molecular weight excluding hydrogens is 376 g/mol. The number of ketones is 1. The number of aryl methyl sites for hydroxylation is 1. The molecule has 29 heavy (non-hydrogen) atoms. The number of Topliss-reactive ketones (excluding diaryl/α,β-unsaturated/α-hetero) is 1. The van der Waals surface area contributed by atoms with Crippen molar-refractivity contribution in [3.05, 3.63) is 64.5 Å². The molecule has 0 spiro atoms. The van der Waals surface area contributed by atoms with Crippen molar-refractivity contribution in [3.63, 3.8) is 0 Å². The van der Waals surface area contributed by atoms with Crippen LogP contribution in [0.1, 0.15) is 38.0 Å². The third kappa shape index (κ3) is 3.82. The molecule has 2 aromatic rings. The van der Waals surface area contributed by atoms with Crippen LogP contribution in [0, 0.1) is 6.92 Å². The molecule has 1 unspecified atom stereocenters. The van der Waals surface area contributed by atoms with E-state index in [1.54, 1.807) is 43.5 Å². The molecule has 1 aliphatic heterocycles. The van der Waals surface area contributed by atoms with Crippen LogP contribution >= 0.6 is 0 Å². The van der Waals surface area contributed by atoms with Crippen molar-refractivity contribution < 1.29 is 28.9 Å². The highest BCUT2D eigenvalue weighted by Gasteiger charge is 2.25. The minimum absolute atomic E-state index is 0.244. The number of methoxy groups -OCH3 is 3. The lowest BCUT2D eigenvalue weighted by Gasteiger charge is -2.16. The quantitative estimate of drug-likeness (QED) is 0.611. The number of aromatic carboxylic acids is 1. The monoisotopic (exact) mass is 398 g/mol. The molecule has 2 aromatic carbocycles. The molecule has 0 aliphatic carbocycles. The van der Waals surface area contributed by atoms with Gasteiger partial charge in [0, 0.05) is 11.8 Å². The first kappa shape index (κ1) is 20.1. The Morgan fingerprint density at radius 3 is 2.17 bits per heavy atom. The largest absolute Gasteiger partial charge is 0.493 e. The summed E-state index contributed by atoms with van der Waals surface area (Å²) in [5.41, 5.74) is 2.44.